The Balaban J connectivity index is 2.64. The Kier molecular flexibility index (Phi) is 4.05. The number of rotatable bonds is 5. The molecule has 0 bridgehead atoms. The summed E-state index contributed by atoms with van der Waals surface area (Å²) in [4.78, 5) is 0. The van der Waals surface area contributed by atoms with Crippen LogP contribution in [0.4, 0.5) is 0 Å². The highest BCUT2D eigenvalue weighted by molar-refractivity contribution is 4.92. The maximum absolute atomic E-state index is 9.38. The molecule has 15 heavy (non-hydrogen) atoms. The largest absolute Gasteiger partial charge is 0.394 e. The van der Waals surface area contributed by atoms with Gasteiger partial charge in [0.15, 0.2) is 0 Å². The highest BCUT2D eigenvalue weighted by Gasteiger charge is 2.30. The molecule has 0 saturated carbocycles. The normalized spacial score (nSPS) is 19.5. The molecule has 0 radical (unpaired) electrons. The van der Waals surface area contributed by atoms with E-state index < -0.39 is 31.0 Å². The summed E-state index contributed by atoms with van der Waals surface area (Å²) >= 11 is 0. The van der Waals surface area contributed by atoms with E-state index in [0.717, 1.165) is 0 Å². The summed E-state index contributed by atoms with van der Waals surface area (Å²) in [5, 5.41) is 58.2. The number of hydrogen-bond donors (Lipinski definition) is 5. The lowest BCUT2D eigenvalue weighted by atomic mass is 10.0. The molecule has 0 aliphatic heterocycles. The van der Waals surface area contributed by atoms with Crippen molar-refractivity contribution in [3.05, 3.63) is 5.82 Å². The third-order valence-corrected chi connectivity index (χ3v) is 1.85. The molecule has 1 aromatic heterocycles. The third-order valence-electron chi connectivity index (χ3n) is 1.85. The van der Waals surface area contributed by atoms with E-state index in [4.69, 9.17) is 10.2 Å². The van der Waals surface area contributed by atoms with E-state index in [-0.39, 0.29) is 5.82 Å². The Morgan fingerprint density at radius 1 is 1.13 bits per heavy atom. The van der Waals surface area contributed by atoms with E-state index in [9.17, 15) is 15.3 Å². The lowest BCUT2D eigenvalue weighted by Gasteiger charge is -2.25. The molecule has 0 amide bonds. The molecule has 1 rings (SSSR count). The van der Waals surface area contributed by atoms with Crippen molar-refractivity contribution in [1.29, 1.82) is 0 Å². The number of hydrogen-bond acceptors (Lipinski definition) is 8. The number of aromatic nitrogens is 4. The summed E-state index contributed by atoms with van der Waals surface area (Å²) < 4.78 is 0. The standard InChI is InChI=1S/C6H11N4O5/c11-1-2(12)3(13)4(14)5(15)6-7-9-10-8-6/h2-5,11-15H,1H2/q-1. The number of aliphatic hydroxyl groups excluding tert-OH is 5. The Labute approximate surface area is 84.0 Å². The Hall–Kier alpha value is -1.13. The van der Waals surface area contributed by atoms with Gasteiger partial charge in [0, 0.05) is 5.82 Å². The molecule has 4 atom stereocenters. The van der Waals surface area contributed by atoms with Gasteiger partial charge >= 0.3 is 0 Å². The van der Waals surface area contributed by atoms with Gasteiger partial charge in [0.1, 0.15) is 24.4 Å². The fourth-order valence-corrected chi connectivity index (χ4v) is 0.945. The molecule has 0 fully saturated rings. The summed E-state index contributed by atoms with van der Waals surface area (Å²) in [5.74, 6) is -0.272. The monoisotopic (exact) mass is 219 g/mol. The first-order valence-electron chi connectivity index (χ1n) is 4.09. The molecular formula is C6H11N4O5-. The van der Waals surface area contributed by atoms with Crippen LogP contribution in [0.25, 0.3) is 0 Å². The van der Waals surface area contributed by atoms with Gasteiger partial charge in [-0.2, -0.15) is 5.21 Å². The Morgan fingerprint density at radius 3 is 2.27 bits per heavy atom. The van der Waals surface area contributed by atoms with E-state index in [0.29, 0.717) is 0 Å². The molecule has 0 aliphatic rings. The van der Waals surface area contributed by atoms with Crippen molar-refractivity contribution >= 4 is 0 Å². The second kappa shape index (κ2) is 5.09. The smallest absolute Gasteiger partial charge is 0.114 e. The number of tetrazole rings is 1. The van der Waals surface area contributed by atoms with Crippen molar-refractivity contribution < 1.29 is 25.5 Å². The van der Waals surface area contributed by atoms with Gasteiger partial charge in [-0.1, -0.05) is 0 Å². The molecule has 86 valence electrons. The van der Waals surface area contributed by atoms with Crippen molar-refractivity contribution in [2.45, 2.75) is 24.4 Å². The molecule has 0 saturated heterocycles. The second-order valence-electron chi connectivity index (χ2n) is 2.91. The summed E-state index contributed by atoms with van der Waals surface area (Å²) in [6.07, 6.45) is -6.65. The third kappa shape index (κ3) is 2.67. The highest BCUT2D eigenvalue weighted by Crippen LogP contribution is 2.15. The first-order valence-corrected chi connectivity index (χ1v) is 4.09. The minimum Gasteiger partial charge on any atom is -0.394 e. The maximum Gasteiger partial charge on any atom is 0.114 e. The molecule has 4 unspecified atom stereocenters. The van der Waals surface area contributed by atoms with Gasteiger partial charge in [0.05, 0.1) is 6.61 Å². The van der Waals surface area contributed by atoms with Gasteiger partial charge in [-0.05, 0) is 0 Å². The average molecular weight is 219 g/mol. The topological polar surface area (TPSA) is 154 Å². The van der Waals surface area contributed by atoms with Crippen LogP contribution in [0.3, 0.4) is 0 Å². The van der Waals surface area contributed by atoms with E-state index in [1.165, 1.54) is 0 Å². The van der Waals surface area contributed by atoms with E-state index in [1.54, 1.807) is 0 Å². The fourth-order valence-electron chi connectivity index (χ4n) is 0.945. The predicted octanol–water partition coefficient (Wildman–Crippen LogP) is -4.06. The molecule has 5 N–H and O–H groups in total. The van der Waals surface area contributed by atoms with Gasteiger partial charge in [-0.25, -0.2) is 0 Å². The highest BCUT2D eigenvalue weighted by atomic mass is 16.4. The molecule has 9 heteroatoms. The maximum atomic E-state index is 9.38. The molecule has 0 spiro atoms. The van der Waals surface area contributed by atoms with Crippen LogP contribution in [-0.2, 0) is 0 Å². The molecule has 9 nitrogen and oxygen atoms in total. The minimum atomic E-state index is -1.74. The second-order valence-corrected chi connectivity index (χ2v) is 2.91. The van der Waals surface area contributed by atoms with Crippen LogP contribution in [0.2, 0.25) is 0 Å². The summed E-state index contributed by atoms with van der Waals surface area (Å²) in [7, 11) is 0. The quantitative estimate of drug-likeness (QED) is 0.332. The van der Waals surface area contributed by atoms with Crippen molar-refractivity contribution in [3.8, 4) is 0 Å². The van der Waals surface area contributed by atoms with E-state index in [2.05, 4.69) is 20.6 Å². The lowest BCUT2D eigenvalue weighted by Crippen LogP contribution is -2.43. The summed E-state index contributed by atoms with van der Waals surface area (Å²) in [6, 6.07) is 0. The number of aliphatic hydroxyl groups is 5. The van der Waals surface area contributed by atoms with Gasteiger partial charge in [0.25, 0.3) is 0 Å². The van der Waals surface area contributed by atoms with Crippen LogP contribution in [0, 0.1) is 0 Å². The Morgan fingerprint density at radius 2 is 1.80 bits per heavy atom. The first kappa shape index (κ1) is 11.9. The molecule has 0 aliphatic carbocycles. The lowest BCUT2D eigenvalue weighted by molar-refractivity contribution is -0.118. The summed E-state index contributed by atoms with van der Waals surface area (Å²) in [5.41, 5.74) is 0. The molecule has 1 aromatic rings. The molecular weight excluding hydrogens is 208 g/mol. The van der Waals surface area contributed by atoms with Gasteiger partial charge in [0.2, 0.25) is 0 Å². The van der Waals surface area contributed by atoms with Crippen LogP contribution < -0.4 is 5.10 Å². The minimum absolute atomic E-state index is 0.272. The predicted molar refractivity (Wildman–Crippen MR) is 43.2 cm³/mol. The Bertz CT molecular complexity index is 281. The van der Waals surface area contributed by atoms with Crippen LogP contribution in [0.5, 0.6) is 0 Å². The van der Waals surface area contributed by atoms with Crippen molar-refractivity contribution in [3.63, 3.8) is 0 Å². The van der Waals surface area contributed by atoms with Crippen LogP contribution >= 0.6 is 0 Å². The van der Waals surface area contributed by atoms with Gasteiger partial charge in [-0.3, -0.25) is 10.3 Å². The van der Waals surface area contributed by atoms with Crippen LogP contribution in [-0.4, -0.2) is 66.0 Å². The van der Waals surface area contributed by atoms with Crippen LogP contribution in [0.1, 0.15) is 11.9 Å². The number of nitrogens with zero attached hydrogens (tertiary/aromatic N) is 4. The van der Waals surface area contributed by atoms with Crippen molar-refractivity contribution in [1.82, 2.24) is 20.6 Å². The van der Waals surface area contributed by atoms with E-state index >= 15 is 0 Å². The fraction of sp³-hybridized carbons (Fsp3) is 0.833. The van der Waals surface area contributed by atoms with Gasteiger partial charge in [-0.15, -0.1) is 0 Å². The molecule has 0 aromatic carbocycles. The zero-order valence-electron chi connectivity index (χ0n) is 7.54. The average Bonchev–Trinajstić information content (AvgIpc) is 2.78. The van der Waals surface area contributed by atoms with Crippen LogP contribution in [0.15, 0.2) is 0 Å². The van der Waals surface area contributed by atoms with Gasteiger partial charge < -0.3 is 30.6 Å². The van der Waals surface area contributed by atoms with Crippen molar-refractivity contribution in [2.75, 3.05) is 6.61 Å². The zero-order chi connectivity index (χ0) is 11.4. The zero-order valence-corrected chi connectivity index (χ0v) is 7.54. The van der Waals surface area contributed by atoms with E-state index in [1.807, 2.05) is 0 Å². The SMILES string of the molecule is OCC(O)C(O)C(O)C(O)c1nnn[n-]1. The van der Waals surface area contributed by atoms with Crippen molar-refractivity contribution in [2.24, 2.45) is 0 Å². The first-order chi connectivity index (χ1) is 7.07. The summed E-state index contributed by atoms with van der Waals surface area (Å²) in [6.45, 7) is -0.747. The molecule has 1 heterocycles.